The Morgan fingerprint density at radius 1 is 0.611 bits per heavy atom. The molecule has 0 saturated carbocycles. The fraction of sp³-hybridized carbons (Fsp3) is 0.294. The Bertz CT molecular complexity index is 289. The SMILES string of the molecule is CC.COC.Cc1ccccc1.c1ccccc1. The summed E-state index contributed by atoms with van der Waals surface area (Å²) in [5, 5.41) is 0. The molecule has 1 nitrogen and oxygen atoms in total. The van der Waals surface area contributed by atoms with E-state index in [9.17, 15) is 0 Å². The molecule has 2 rings (SSSR count). The fourth-order valence-electron chi connectivity index (χ4n) is 0.919. The Morgan fingerprint density at radius 2 is 0.833 bits per heavy atom. The zero-order valence-corrected chi connectivity index (χ0v) is 12.3. The van der Waals surface area contributed by atoms with Crippen LogP contribution in [-0.4, -0.2) is 14.2 Å². The van der Waals surface area contributed by atoms with E-state index in [2.05, 4.69) is 23.8 Å². The normalized spacial score (nSPS) is 7.39. The molecular weight excluding hydrogens is 220 g/mol. The average Bonchev–Trinajstić information content (AvgIpc) is 2.45. The van der Waals surface area contributed by atoms with Crippen molar-refractivity contribution in [3.8, 4) is 0 Å². The molecule has 0 spiro atoms. The standard InChI is InChI=1S/C7H8.C6H6.C2H6O.C2H6/c1-7-5-3-2-4-6-7;1-2-4-6-5-3-1;1-3-2;1-2/h2-6H,1H3;1-6H;1-2H3;1-2H3. The largest absolute Gasteiger partial charge is 0.388 e. The predicted molar refractivity (Wildman–Crippen MR) is 81.9 cm³/mol. The number of hydrogen-bond donors (Lipinski definition) is 0. The molecule has 0 radical (unpaired) electrons. The number of ether oxygens (including phenoxy) is 1. The fourth-order valence-corrected chi connectivity index (χ4v) is 0.919. The molecule has 0 saturated heterocycles. The van der Waals surface area contributed by atoms with Crippen molar-refractivity contribution in [2.24, 2.45) is 0 Å². The Balaban J connectivity index is 0. The smallest absolute Gasteiger partial charge is 0.0351 e. The highest BCUT2D eigenvalue weighted by molar-refractivity contribution is 5.11. The zero-order valence-electron chi connectivity index (χ0n) is 12.3. The number of benzene rings is 2. The van der Waals surface area contributed by atoms with Crippen LogP contribution in [0.1, 0.15) is 19.4 Å². The van der Waals surface area contributed by atoms with Gasteiger partial charge in [-0.05, 0) is 6.92 Å². The van der Waals surface area contributed by atoms with E-state index in [1.54, 1.807) is 14.2 Å². The second kappa shape index (κ2) is 17.8. The lowest BCUT2D eigenvalue weighted by Gasteiger charge is -1.82. The Kier molecular flexibility index (Phi) is 18.5. The van der Waals surface area contributed by atoms with Gasteiger partial charge in [0.25, 0.3) is 0 Å². The van der Waals surface area contributed by atoms with Gasteiger partial charge in [0.15, 0.2) is 0 Å². The Hall–Kier alpha value is -1.60. The van der Waals surface area contributed by atoms with E-state index in [1.807, 2.05) is 68.4 Å². The Labute approximate surface area is 112 Å². The van der Waals surface area contributed by atoms with Crippen LogP contribution >= 0.6 is 0 Å². The van der Waals surface area contributed by atoms with E-state index < -0.39 is 0 Å². The van der Waals surface area contributed by atoms with Crippen molar-refractivity contribution in [3.63, 3.8) is 0 Å². The molecule has 0 N–H and O–H groups in total. The lowest BCUT2D eigenvalue weighted by Crippen LogP contribution is -1.62. The summed E-state index contributed by atoms with van der Waals surface area (Å²) in [5.74, 6) is 0. The molecular formula is C17H26O. The van der Waals surface area contributed by atoms with Crippen molar-refractivity contribution in [2.75, 3.05) is 14.2 Å². The van der Waals surface area contributed by atoms with Crippen molar-refractivity contribution in [2.45, 2.75) is 20.8 Å². The van der Waals surface area contributed by atoms with Crippen molar-refractivity contribution < 1.29 is 4.74 Å². The van der Waals surface area contributed by atoms with Crippen LogP contribution in [0.3, 0.4) is 0 Å². The number of aryl methyl sites for hydroxylation is 1. The topological polar surface area (TPSA) is 9.23 Å². The number of hydrogen-bond acceptors (Lipinski definition) is 1. The lowest BCUT2D eigenvalue weighted by molar-refractivity contribution is 0.277. The van der Waals surface area contributed by atoms with Gasteiger partial charge in [-0.15, -0.1) is 0 Å². The third-order valence-corrected chi connectivity index (χ3v) is 1.61. The number of rotatable bonds is 0. The predicted octanol–water partition coefficient (Wildman–Crippen LogP) is 4.97. The highest BCUT2D eigenvalue weighted by Gasteiger charge is 1.72. The van der Waals surface area contributed by atoms with Crippen LogP contribution in [0.5, 0.6) is 0 Å². The van der Waals surface area contributed by atoms with Crippen LogP contribution in [0.15, 0.2) is 66.7 Å². The second-order valence-electron chi connectivity index (χ2n) is 3.22. The summed E-state index contributed by atoms with van der Waals surface area (Å²) in [6.45, 7) is 6.08. The molecule has 0 atom stereocenters. The van der Waals surface area contributed by atoms with E-state index in [1.165, 1.54) is 5.56 Å². The number of methoxy groups -OCH3 is 1. The lowest BCUT2D eigenvalue weighted by atomic mass is 10.2. The summed E-state index contributed by atoms with van der Waals surface area (Å²) >= 11 is 0. The molecule has 0 unspecified atom stereocenters. The maximum atomic E-state index is 4.25. The molecule has 18 heavy (non-hydrogen) atoms. The van der Waals surface area contributed by atoms with Crippen LogP contribution in [0.2, 0.25) is 0 Å². The second-order valence-corrected chi connectivity index (χ2v) is 3.22. The van der Waals surface area contributed by atoms with E-state index in [0.717, 1.165) is 0 Å². The van der Waals surface area contributed by atoms with Gasteiger partial charge in [-0.3, -0.25) is 0 Å². The molecule has 0 bridgehead atoms. The van der Waals surface area contributed by atoms with Gasteiger partial charge in [-0.25, -0.2) is 0 Å². The average molecular weight is 246 g/mol. The van der Waals surface area contributed by atoms with Crippen molar-refractivity contribution >= 4 is 0 Å². The molecule has 0 aromatic heterocycles. The van der Waals surface area contributed by atoms with Gasteiger partial charge in [-0.1, -0.05) is 86.1 Å². The van der Waals surface area contributed by atoms with Crippen molar-refractivity contribution in [3.05, 3.63) is 72.3 Å². The molecule has 0 aliphatic carbocycles. The molecule has 100 valence electrons. The molecule has 0 aliphatic heterocycles. The highest BCUT2D eigenvalue weighted by atomic mass is 16.4. The van der Waals surface area contributed by atoms with Crippen molar-refractivity contribution in [1.29, 1.82) is 0 Å². The van der Waals surface area contributed by atoms with Gasteiger partial charge in [-0.2, -0.15) is 0 Å². The van der Waals surface area contributed by atoms with Gasteiger partial charge < -0.3 is 4.74 Å². The van der Waals surface area contributed by atoms with E-state index in [4.69, 9.17) is 0 Å². The molecule has 0 aliphatic rings. The minimum atomic E-state index is 1.32. The van der Waals surface area contributed by atoms with Crippen molar-refractivity contribution in [1.82, 2.24) is 0 Å². The summed E-state index contributed by atoms with van der Waals surface area (Å²) in [7, 11) is 3.25. The van der Waals surface area contributed by atoms with Gasteiger partial charge >= 0.3 is 0 Å². The third-order valence-electron chi connectivity index (χ3n) is 1.61. The summed E-state index contributed by atoms with van der Waals surface area (Å²) < 4.78 is 4.25. The first-order valence-corrected chi connectivity index (χ1v) is 6.23. The quantitative estimate of drug-likeness (QED) is 0.637. The molecule has 2 aromatic carbocycles. The van der Waals surface area contributed by atoms with E-state index in [-0.39, 0.29) is 0 Å². The summed E-state index contributed by atoms with van der Waals surface area (Å²) in [6, 6.07) is 22.3. The molecule has 0 heterocycles. The maximum absolute atomic E-state index is 4.25. The highest BCUT2D eigenvalue weighted by Crippen LogP contribution is 1.92. The first kappa shape index (κ1) is 18.8. The monoisotopic (exact) mass is 246 g/mol. The summed E-state index contributed by atoms with van der Waals surface area (Å²) in [5.41, 5.74) is 1.32. The molecule has 2 aromatic rings. The third kappa shape index (κ3) is 16.8. The molecule has 0 amide bonds. The maximum Gasteiger partial charge on any atom is 0.0351 e. The van der Waals surface area contributed by atoms with Gasteiger partial charge in [0, 0.05) is 14.2 Å². The first-order valence-electron chi connectivity index (χ1n) is 6.23. The van der Waals surface area contributed by atoms with E-state index in [0.29, 0.717) is 0 Å². The summed E-state index contributed by atoms with van der Waals surface area (Å²) in [4.78, 5) is 0. The minimum absolute atomic E-state index is 1.32. The van der Waals surface area contributed by atoms with Gasteiger partial charge in [0.2, 0.25) is 0 Å². The van der Waals surface area contributed by atoms with E-state index >= 15 is 0 Å². The Morgan fingerprint density at radius 3 is 1.00 bits per heavy atom. The molecule has 1 heteroatoms. The van der Waals surface area contributed by atoms with Crippen LogP contribution in [0.4, 0.5) is 0 Å². The van der Waals surface area contributed by atoms with Crippen LogP contribution < -0.4 is 0 Å². The molecule has 0 fully saturated rings. The van der Waals surface area contributed by atoms with Gasteiger partial charge in [0.05, 0.1) is 0 Å². The van der Waals surface area contributed by atoms with Crippen LogP contribution in [0, 0.1) is 6.92 Å². The van der Waals surface area contributed by atoms with Gasteiger partial charge in [0.1, 0.15) is 0 Å². The first-order chi connectivity index (χ1) is 8.81. The van der Waals surface area contributed by atoms with Crippen LogP contribution in [0.25, 0.3) is 0 Å². The minimum Gasteiger partial charge on any atom is -0.388 e. The summed E-state index contributed by atoms with van der Waals surface area (Å²) in [6.07, 6.45) is 0. The van der Waals surface area contributed by atoms with Crippen LogP contribution in [-0.2, 0) is 4.74 Å². The zero-order chi connectivity index (χ0) is 14.1.